The van der Waals surface area contributed by atoms with Gasteiger partial charge in [0.25, 0.3) is 0 Å². The third-order valence-electron chi connectivity index (χ3n) is 2.95. The van der Waals surface area contributed by atoms with Crippen molar-refractivity contribution < 1.29 is 18.3 Å². The molecular formula is C12H13BrN2O4S. The molecule has 1 aromatic rings. The van der Waals surface area contributed by atoms with Gasteiger partial charge in [-0.05, 0) is 27.6 Å². The van der Waals surface area contributed by atoms with E-state index in [1.807, 2.05) is 0 Å². The first-order valence-corrected chi connectivity index (χ1v) is 8.12. The van der Waals surface area contributed by atoms with Crippen LogP contribution in [0.4, 0.5) is 0 Å². The summed E-state index contributed by atoms with van der Waals surface area (Å²) in [5.41, 5.74) is 1.15. The predicted octanol–water partition coefficient (Wildman–Crippen LogP) is 1.23. The molecule has 1 aliphatic rings. The van der Waals surface area contributed by atoms with Gasteiger partial charge in [0.2, 0.25) is 0 Å². The second kappa shape index (κ2) is 5.19. The lowest BCUT2D eigenvalue weighted by molar-refractivity contribution is -0.136. The Labute approximate surface area is 124 Å². The molecule has 0 amide bonds. The largest absolute Gasteiger partial charge is 0.481 e. The summed E-state index contributed by atoms with van der Waals surface area (Å²) >= 11 is 3.23. The maximum Gasteiger partial charge on any atom is 0.307 e. The van der Waals surface area contributed by atoms with Crippen molar-refractivity contribution in [1.82, 2.24) is 5.01 Å². The Morgan fingerprint density at radius 2 is 2.15 bits per heavy atom. The fraction of sp³-hybridized carbons (Fsp3) is 0.250. The van der Waals surface area contributed by atoms with Gasteiger partial charge in [-0.3, -0.25) is 4.79 Å². The smallest absolute Gasteiger partial charge is 0.307 e. The molecule has 3 N–H and O–H groups in total. The van der Waals surface area contributed by atoms with Crippen molar-refractivity contribution in [3.8, 4) is 0 Å². The van der Waals surface area contributed by atoms with Gasteiger partial charge in [0.05, 0.1) is 22.8 Å². The molecule has 20 heavy (non-hydrogen) atoms. The van der Waals surface area contributed by atoms with Gasteiger partial charge in [0.15, 0.2) is 9.84 Å². The first-order valence-electron chi connectivity index (χ1n) is 5.68. The van der Waals surface area contributed by atoms with Crippen molar-refractivity contribution in [3.05, 3.63) is 33.8 Å². The summed E-state index contributed by atoms with van der Waals surface area (Å²) in [5, 5.41) is 10.2. The molecule has 108 valence electrons. The number of carbonyl (C=O) groups is 1. The summed E-state index contributed by atoms with van der Waals surface area (Å²) in [6.07, 6.45) is -0.359. The SMILES string of the molecule is CN(N)C1=C(CC(=O)O)CS(=O)(=O)c2c(Br)cccc21. The molecule has 0 unspecified atom stereocenters. The van der Waals surface area contributed by atoms with E-state index in [0.29, 0.717) is 15.7 Å². The van der Waals surface area contributed by atoms with E-state index < -0.39 is 15.8 Å². The lowest BCUT2D eigenvalue weighted by atomic mass is 10.0. The van der Waals surface area contributed by atoms with Gasteiger partial charge in [-0.15, -0.1) is 0 Å². The van der Waals surface area contributed by atoms with Crippen LogP contribution in [0.25, 0.3) is 5.70 Å². The number of hydrazine groups is 1. The summed E-state index contributed by atoms with van der Waals surface area (Å²) in [7, 11) is -2.03. The highest BCUT2D eigenvalue weighted by atomic mass is 79.9. The number of sulfone groups is 1. The highest BCUT2D eigenvalue weighted by molar-refractivity contribution is 9.10. The number of fused-ring (bicyclic) bond motifs is 1. The number of benzene rings is 1. The summed E-state index contributed by atoms with van der Waals surface area (Å²) in [5.74, 6) is 4.33. The quantitative estimate of drug-likeness (QED) is 0.620. The molecule has 6 nitrogen and oxygen atoms in total. The number of hydrogen-bond donors (Lipinski definition) is 2. The van der Waals surface area contributed by atoms with Crippen LogP contribution in [0.1, 0.15) is 12.0 Å². The Morgan fingerprint density at radius 1 is 1.50 bits per heavy atom. The van der Waals surface area contributed by atoms with E-state index in [2.05, 4.69) is 15.9 Å². The predicted molar refractivity (Wildman–Crippen MR) is 77.3 cm³/mol. The van der Waals surface area contributed by atoms with Crippen LogP contribution in [0, 0.1) is 0 Å². The molecule has 0 fully saturated rings. The molecule has 0 aliphatic carbocycles. The Bertz CT molecular complexity index is 710. The number of nitrogens with two attached hydrogens (primary N) is 1. The fourth-order valence-corrected chi connectivity index (χ4v) is 5.14. The van der Waals surface area contributed by atoms with E-state index in [0.717, 1.165) is 0 Å². The van der Waals surface area contributed by atoms with Crippen molar-refractivity contribution in [2.24, 2.45) is 5.84 Å². The molecule has 1 heterocycles. The molecule has 0 radical (unpaired) electrons. The normalized spacial score (nSPS) is 16.8. The van der Waals surface area contributed by atoms with Crippen molar-refractivity contribution in [2.45, 2.75) is 11.3 Å². The summed E-state index contributed by atoms with van der Waals surface area (Å²) in [6.45, 7) is 0. The number of halogens is 1. The van der Waals surface area contributed by atoms with Gasteiger partial charge in [0.1, 0.15) is 0 Å². The minimum atomic E-state index is -3.58. The number of carboxylic acids is 1. The zero-order valence-electron chi connectivity index (χ0n) is 10.6. The van der Waals surface area contributed by atoms with Crippen LogP contribution in [0.3, 0.4) is 0 Å². The number of aliphatic carboxylic acids is 1. The van der Waals surface area contributed by atoms with Gasteiger partial charge in [-0.25, -0.2) is 14.3 Å². The maximum absolute atomic E-state index is 12.3. The Balaban J connectivity index is 2.79. The third-order valence-corrected chi connectivity index (χ3v) is 5.66. The van der Waals surface area contributed by atoms with Crippen molar-refractivity contribution in [3.63, 3.8) is 0 Å². The maximum atomic E-state index is 12.3. The average Bonchev–Trinajstić information content (AvgIpc) is 2.25. The Morgan fingerprint density at radius 3 is 2.70 bits per heavy atom. The minimum Gasteiger partial charge on any atom is -0.481 e. The molecule has 0 atom stereocenters. The number of hydrogen-bond acceptors (Lipinski definition) is 5. The first-order chi connectivity index (χ1) is 9.24. The highest BCUT2D eigenvalue weighted by Crippen LogP contribution is 2.38. The number of rotatable bonds is 3. The minimum absolute atomic E-state index is 0.154. The summed E-state index contributed by atoms with van der Waals surface area (Å²) in [6, 6.07) is 4.94. The molecule has 0 bridgehead atoms. The molecular weight excluding hydrogens is 348 g/mol. The molecule has 0 aromatic heterocycles. The molecule has 0 saturated carbocycles. The zero-order valence-corrected chi connectivity index (χ0v) is 13.0. The number of carboxylic acid groups (broad SMARTS) is 1. The van der Waals surface area contributed by atoms with Gasteiger partial charge in [-0.1, -0.05) is 12.1 Å². The lowest BCUT2D eigenvalue weighted by Crippen LogP contribution is -2.31. The van der Waals surface area contributed by atoms with Gasteiger partial charge < -0.3 is 10.1 Å². The zero-order chi connectivity index (χ0) is 15.1. The molecule has 1 aliphatic heterocycles. The molecule has 0 saturated heterocycles. The average molecular weight is 361 g/mol. The topological polar surface area (TPSA) is 101 Å². The fourth-order valence-electron chi connectivity index (χ4n) is 2.33. The molecule has 2 rings (SSSR count). The summed E-state index contributed by atoms with van der Waals surface area (Å²) < 4.78 is 25.1. The third kappa shape index (κ3) is 2.58. The molecule has 0 spiro atoms. The molecule has 1 aromatic carbocycles. The van der Waals surface area contributed by atoms with Crippen LogP contribution in [0.2, 0.25) is 0 Å². The standard InChI is InChI=1S/C12H13BrN2O4S/c1-15(14)11-7(5-10(16)17)6-20(18,19)12-8(11)3-2-4-9(12)13/h2-4H,5-6,14H2,1H3,(H,16,17). The Kier molecular flexibility index (Phi) is 3.90. The van der Waals surface area contributed by atoms with Crippen LogP contribution in [0.15, 0.2) is 33.1 Å². The van der Waals surface area contributed by atoms with E-state index in [-0.39, 0.29) is 22.6 Å². The van der Waals surface area contributed by atoms with Gasteiger partial charge in [-0.2, -0.15) is 0 Å². The van der Waals surface area contributed by atoms with Gasteiger partial charge in [0, 0.05) is 17.1 Å². The Hall–Kier alpha value is -1.38. The van der Waals surface area contributed by atoms with E-state index in [1.54, 1.807) is 25.2 Å². The van der Waals surface area contributed by atoms with Gasteiger partial charge >= 0.3 is 5.97 Å². The van der Waals surface area contributed by atoms with E-state index in [9.17, 15) is 13.2 Å². The monoisotopic (exact) mass is 360 g/mol. The summed E-state index contributed by atoms with van der Waals surface area (Å²) in [4.78, 5) is 11.1. The number of nitrogens with zero attached hydrogens (tertiary/aromatic N) is 1. The second-order valence-electron chi connectivity index (χ2n) is 4.51. The van der Waals surface area contributed by atoms with Crippen molar-refractivity contribution >= 4 is 37.4 Å². The lowest BCUT2D eigenvalue weighted by Gasteiger charge is -2.28. The van der Waals surface area contributed by atoms with Crippen molar-refractivity contribution in [2.75, 3.05) is 12.8 Å². The van der Waals surface area contributed by atoms with E-state index >= 15 is 0 Å². The van der Waals surface area contributed by atoms with Crippen LogP contribution in [-0.4, -0.2) is 37.3 Å². The van der Waals surface area contributed by atoms with Crippen LogP contribution >= 0.6 is 15.9 Å². The molecule has 8 heteroatoms. The van der Waals surface area contributed by atoms with Crippen LogP contribution < -0.4 is 5.84 Å². The van der Waals surface area contributed by atoms with E-state index in [4.69, 9.17) is 10.9 Å². The second-order valence-corrected chi connectivity index (χ2v) is 7.29. The first kappa shape index (κ1) is 15.0. The van der Waals surface area contributed by atoms with Crippen LogP contribution in [-0.2, 0) is 14.6 Å². The van der Waals surface area contributed by atoms with Crippen LogP contribution in [0.5, 0.6) is 0 Å². The van der Waals surface area contributed by atoms with E-state index in [1.165, 1.54) is 5.01 Å². The van der Waals surface area contributed by atoms with Crippen molar-refractivity contribution in [1.29, 1.82) is 0 Å². The highest BCUT2D eigenvalue weighted by Gasteiger charge is 2.33.